The third-order valence-corrected chi connectivity index (χ3v) is 5.15. The number of benzene rings is 1. The van der Waals surface area contributed by atoms with Crippen molar-refractivity contribution in [2.75, 3.05) is 6.54 Å². The standard InChI is InChI=1S/C22H33N3O5/c1-15(2)18(25-22(29)30-14-16-10-6-5-7-11-16)20(27)24-17-12-8-3-4-9-13-23-21(28)19(17)26/h5-7,10-11,15,17-19,26H,3-4,8-9,12-14H2,1-2H3,(H,23,28)(H,24,27)(H,25,29)/t17-,18-,19?/m0/s1. The van der Waals surface area contributed by atoms with Gasteiger partial charge in [0.25, 0.3) is 5.91 Å². The number of rotatable bonds is 6. The van der Waals surface area contributed by atoms with Gasteiger partial charge >= 0.3 is 6.09 Å². The van der Waals surface area contributed by atoms with Gasteiger partial charge in [-0.05, 0) is 24.3 Å². The summed E-state index contributed by atoms with van der Waals surface area (Å²) in [6.45, 7) is 4.22. The Hall–Kier alpha value is -2.61. The normalized spacial score (nSPS) is 21.3. The van der Waals surface area contributed by atoms with Gasteiger partial charge in [0.15, 0.2) is 6.10 Å². The van der Waals surface area contributed by atoms with Crippen molar-refractivity contribution in [2.45, 2.75) is 70.7 Å². The van der Waals surface area contributed by atoms with E-state index in [0.717, 1.165) is 31.2 Å². The minimum absolute atomic E-state index is 0.0978. The molecule has 0 aliphatic carbocycles. The highest BCUT2D eigenvalue weighted by molar-refractivity contribution is 5.87. The summed E-state index contributed by atoms with van der Waals surface area (Å²) < 4.78 is 5.21. The zero-order valence-electron chi connectivity index (χ0n) is 17.7. The second-order valence-corrected chi connectivity index (χ2v) is 7.98. The van der Waals surface area contributed by atoms with Crippen LogP contribution in [-0.2, 0) is 20.9 Å². The lowest BCUT2D eigenvalue weighted by molar-refractivity contribution is -0.133. The molecule has 166 valence electrons. The van der Waals surface area contributed by atoms with Crippen LogP contribution in [0.1, 0.15) is 51.5 Å². The Morgan fingerprint density at radius 2 is 1.87 bits per heavy atom. The van der Waals surface area contributed by atoms with Gasteiger partial charge in [0, 0.05) is 6.54 Å². The number of aliphatic hydroxyl groups is 1. The highest BCUT2D eigenvalue weighted by Gasteiger charge is 2.32. The summed E-state index contributed by atoms with van der Waals surface area (Å²) >= 11 is 0. The molecule has 1 aliphatic heterocycles. The van der Waals surface area contributed by atoms with Crippen molar-refractivity contribution >= 4 is 17.9 Å². The predicted molar refractivity (Wildman–Crippen MR) is 112 cm³/mol. The largest absolute Gasteiger partial charge is 0.445 e. The lowest BCUT2D eigenvalue weighted by Crippen LogP contribution is -2.57. The first-order valence-corrected chi connectivity index (χ1v) is 10.6. The first-order valence-electron chi connectivity index (χ1n) is 10.6. The lowest BCUT2D eigenvalue weighted by Gasteiger charge is -2.28. The molecule has 30 heavy (non-hydrogen) atoms. The molecule has 8 nitrogen and oxygen atoms in total. The highest BCUT2D eigenvalue weighted by atomic mass is 16.5. The van der Waals surface area contributed by atoms with Crippen molar-refractivity contribution in [1.82, 2.24) is 16.0 Å². The molecule has 1 fully saturated rings. The zero-order valence-corrected chi connectivity index (χ0v) is 17.7. The number of nitrogens with one attached hydrogen (secondary N) is 3. The van der Waals surface area contributed by atoms with Crippen LogP contribution in [0.4, 0.5) is 4.79 Å². The summed E-state index contributed by atoms with van der Waals surface area (Å²) in [4.78, 5) is 37.2. The number of aliphatic hydroxyl groups excluding tert-OH is 1. The number of ether oxygens (including phenoxy) is 1. The molecule has 1 saturated heterocycles. The summed E-state index contributed by atoms with van der Waals surface area (Å²) in [5.41, 5.74) is 0.842. The smallest absolute Gasteiger partial charge is 0.408 e. The Balaban J connectivity index is 1.95. The molecule has 1 heterocycles. The van der Waals surface area contributed by atoms with Crippen molar-refractivity contribution in [2.24, 2.45) is 5.92 Å². The lowest BCUT2D eigenvalue weighted by atomic mass is 9.98. The maximum atomic E-state index is 12.8. The first kappa shape index (κ1) is 23.7. The fourth-order valence-corrected chi connectivity index (χ4v) is 3.35. The van der Waals surface area contributed by atoms with Crippen LogP contribution >= 0.6 is 0 Å². The summed E-state index contributed by atoms with van der Waals surface area (Å²) in [6, 6.07) is 7.69. The monoisotopic (exact) mass is 419 g/mol. The van der Waals surface area contributed by atoms with Gasteiger partial charge in [-0.1, -0.05) is 63.4 Å². The SMILES string of the molecule is CC(C)[C@H](NC(=O)OCc1ccccc1)C(=O)N[C@H]1CCCCCCNC(=O)C1O. The highest BCUT2D eigenvalue weighted by Crippen LogP contribution is 2.12. The second kappa shape index (κ2) is 12.2. The molecule has 0 bridgehead atoms. The molecule has 4 N–H and O–H groups in total. The molecule has 2 rings (SSSR count). The summed E-state index contributed by atoms with van der Waals surface area (Å²) in [5, 5.41) is 18.4. The van der Waals surface area contributed by atoms with E-state index < -0.39 is 36.1 Å². The molecule has 3 atom stereocenters. The van der Waals surface area contributed by atoms with Crippen LogP contribution in [0.15, 0.2) is 30.3 Å². The minimum Gasteiger partial charge on any atom is -0.445 e. The molecular formula is C22H33N3O5. The quantitative estimate of drug-likeness (QED) is 0.562. The molecule has 0 spiro atoms. The van der Waals surface area contributed by atoms with Crippen molar-refractivity contribution in [3.05, 3.63) is 35.9 Å². The molecule has 0 aromatic heterocycles. The summed E-state index contributed by atoms with van der Waals surface area (Å²) in [7, 11) is 0. The predicted octanol–water partition coefficient (Wildman–Crippen LogP) is 1.86. The number of carbonyl (C=O) groups is 3. The maximum absolute atomic E-state index is 12.8. The molecule has 0 radical (unpaired) electrons. The number of hydrogen-bond acceptors (Lipinski definition) is 5. The third-order valence-electron chi connectivity index (χ3n) is 5.15. The Labute approximate surface area is 177 Å². The van der Waals surface area contributed by atoms with Crippen LogP contribution in [0.2, 0.25) is 0 Å². The van der Waals surface area contributed by atoms with E-state index in [1.165, 1.54) is 0 Å². The van der Waals surface area contributed by atoms with Crippen molar-refractivity contribution in [3.63, 3.8) is 0 Å². The van der Waals surface area contributed by atoms with Crippen LogP contribution in [0.25, 0.3) is 0 Å². The van der Waals surface area contributed by atoms with Crippen molar-refractivity contribution in [1.29, 1.82) is 0 Å². The Bertz CT molecular complexity index is 695. The van der Waals surface area contributed by atoms with E-state index in [1.807, 2.05) is 30.3 Å². The molecular weight excluding hydrogens is 386 g/mol. The molecule has 3 amide bonds. The van der Waals surface area contributed by atoms with Gasteiger partial charge in [0.05, 0.1) is 6.04 Å². The molecule has 1 aliphatic rings. The van der Waals surface area contributed by atoms with Gasteiger partial charge in [-0.3, -0.25) is 9.59 Å². The Morgan fingerprint density at radius 3 is 2.57 bits per heavy atom. The van der Waals surface area contributed by atoms with Gasteiger partial charge in [-0.25, -0.2) is 4.79 Å². The van der Waals surface area contributed by atoms with Crippen molar-refractivity contribution in [3.8, 4) is 0 Å². The first-order chi connectivity index (χ1) is 14.4. The molecule has 1 aromatic carbocycles. The van der Waals surface area contributed by atoms with E-state index in [4.69, 9.17) is 4.74 Å². The van der Waals surface area contributed by atoms with Gasteiger partial charge in [0.2, 0.25) is 5.91 Å². The number of amides is 3. The fraction of sp³-hybridized carbons (Fsp3) is 0.591. The van der Waals surface area contributed by atoms with E-state index in [9.17, 15) is 19.5 Å². The molecule has 1 aromatic rings. The van der Waals surface area contributed by atoms with E-state index in [-0.39, 0.29) is 12.5 Å². The molecule has 0 saturated carbocycles. The van der Waals surface area contributed by atoms with Crippen LogP contribution in [0.3, 0.4) is 0 Å². The van der Waals surface area contributed by atoms with E-state index >= 15 is 0 Å². The fourth-order valence-electron chi connectivity index (χ4n) is 3.35. The summed E-state index contributed by atoms with van der Waals surface area (Å²) in [5.74, 6) is -1.14. The van der Waals surface area contributed by atoms with Gasteiger partial charge in [-0.15, -0.1) is 0 Å². The van der Waals surface area contributed by atoms with Crippen molar-refractivity contribution < 1.29 is 24.2 Å². The second-order valence-electron chi connectivity index (χ2n) is 7.98. The average Bonchev–Trinajstić information content (AvgIpc) is 2.73. The van der Waals surface area contributed by atoms with Crippen LogP contribution in [0, 0.1) is 5.92 Å². The summed E-state index contributed by atoms with van der Waals surface area (Å²) in [6.07, 6.45) is 2.09. The van der Waals surface area contributed by atoms with E-state index in [0.29, 0.717) is 13.0 Å². The Morgan fingerprint density at radius 1 is 1.17 bits per heavy atom. The number of carbonyl (C=O) groups excluding carboxylic acids is 3. The molecule has 8 heteroatoms. The van der Waals surface area contributed by atoms with Gasteiger partial charge in [-0.2, -0.15) is 0 Å². The molecule has 1 unspecified atom stereocenters. The van der Waals surface area contributed by atoms with E-state index in [2.05, 4.69) is 16.0 Å². The van der Waals surface area contributed by atoms with Crippen LogP contribution < -0.4 is 16.0 Å². The van der Waals surface area contributed by atoms with E-state index in [1.54, 1.807) is 13.8 Å². The minimum atomic E-state index is -1.33. The van der Waals surface area contributed by atoms with Crippen LogP contribution in [0.5, 0.6) is 0 Å². The van der Waals surface area contributed by atoms with Gasteiger partial charge < -0.3 is 25.8 Å². The third kappa shape index (κ3) is 7.67. The van der Waals surface area contributed by atoms with Gasteiger partial charge in [0.1, 0.15) is 12.6 Å². The number of alkyl carbamates (subject to hydrolysis) is 1. The average molecular weight is 420 g/mol. The number of hydrogen-bond donors (Lipinski definition) is 4. The Kier molecular flexibility index (Phi) is 9.60. The zero-order chi connectivity index (χ0) is 21.9. The van der Waals surface area contributed by atoms with Crippen LogP contribution in [-0.4, -0.2) is 47.7 Å². The topological polar surface area (TPSA) is 117 Å². The maximum Gasteiger partial charge on any atom is 0.408 e.